The fourth-order valence-electron chi connectivity index (χ4n) is 3.24. The number of aliphatic hydroxyl groups is 1. The summed E-state index contributed by atoms with van der Waals surface area (Å²) in [6.07, 6.45) is 15.1. The maximum Gasteiger partial charge on any atom is 0.336 e. The van der Waals surface area contributed by atoms with E-state index in [0.29, 0.717) is 6.42 Å². The Labute approximate surface area is 174 Å². The number of ether oxygens (including phenoxy) is 1. The molecule has 0 fully saturated rings. The van der Waals surface area contributed by atoms with Gasteiger partial charge < -0.3 is 20.1 Å². The van der Waals surface area contributed by atoms with Gasteiger partial charge in [0.2, 0.25) is 0 Å². The summed E-state index contributed by atoms with van der Waals surface area (Å²) in [5.41, 5.74) is -2.63. The van der Waals surface area contributed by atoms with E-state index in [2.05, 4.69) is 6.92 Å². The number of carbonyl (C=O) groups excluding carboxylic acids is 1. The minimum absolute atomic E-state index is 0.152. The van der Waals surface area contributed by atoms with E-state index < -0.39 is 36.4 Å². The molecule has 0 aliphatic heterocycles. The Morgan fingerprint density at radius 1 is 0.690 bits per heavy atom. The standard InChI is InChI=1S/C22H40O7/c1-2-3-4-5-6-7-8-9-10-11-12-13-14-15-16-29-20(25)18-22(28,21(26)27)17-19(23)24/h28H,2-18H2,1H3,(H,23,24)(H,26,27). The van der Waals surface area contributed by atoms with Crippen LogP contribution in [-0.2, 0) is 19.1 Å². The average molecular weight is 417 g/mol. The summed E-state index contributed by atoms with van der Waals surface area (Å²) in [5.74, 6) is -4.13. The summed E-state index contributed by atoms with van der Waals surface area (Å²) >= 11 is 0. The molecule has 0 heterocycles. The predicted molar refractivity (Wildman–Crippen MR) is 111 cm³/mol. The molecule has 3 N–H and O–H groups in total. The maximum atomic E-state index is 11.6. The molecular formula is C22H40O7. The molecule has 170 valence electrons. The lowest BCUT2D eigenvalue weighted by atomic mass is 9.96. The molecule has 0 saturated carbocycles. The Kier molecular flexibility index (Phi) is 16.3. The monoisotopic (exact) mass is 416 g/mol. The van der Waals surface area contributed by atoms with E-state index in [4.69, 9.17) is 14.9 Å². The number of aliphatic carboxylic acids is 2. The Balaban J connectivity index is 3.55. The van der Waals surface area contributed by atoms with Gasteiger partial charge in [0.1, 0.15) is 0 Å². The van der Waals surface area contributed by atoms with Crippen molar-refractivity contribution < 1.29 is 34.4 Å². The fourth-order valence-corrected chi connectivity index (χ4v) is 3.24. The first-order valence-corrected chi connectivity index (χ1v) is 11.1. The second-order valence-electron chi connectivity index (χ2n) is 7.90. The number of carboxylic acid groups (broad SMARTS) is 2. The van der Waals surface area contributed by atoms with Gasteiger partial charge in [-0.05, 0) is 6.42 Å². The van der Waals surface area contributed by atoms with Crippen molar-refractivity contribution in [2.75, 3.05) is 6.61 Å². The highest BCUT2D eigenvalue weighted by Crippen LogP contribution is 2.17. The van der Waals surface area contributed by atoms with E-state index in [0.717, 1.165) is 19.3 Å². The van der Waals surface area contributed by atoms with Gasteiger partial charge in [-0.1, -0.05) is 90.4 Å². The van der Waals surface area contributed by atoms with E-state index in [1.807, 2.05) is 0 Å². The van der Waals surface area contributed by atoms with E-state index in [-0.39, 0.29) is 6.61 Å². The summed E-state index contributed by atoms with van der Waals surface area (Å²) in [4.78, 5) is 33.3. The van der Waals surface area contributed by atoms with Crippen LogP contribution in [0.5, 0.6) is 0 Å². The third-order valence-corrected chi connectivity index (χ3v) is 5.04. The zero-order valence-corrected chi connectivity index (χ0v) is 18.0. The van der Waals surface area contributed by atoms with Crippen molar-refractivity contribution >= 4 is 17.9 Å². The van der Waals surface area contributed by atoms with Crippen molar-refractivity contribution in [1.82, 2.24) is 0 Å². The van der Waals surface area contributed by atoms with Gasteiger partial charge in [0, 0.05) is 0 Å². The van der Waals surface area contributed by atoms with Crippen LogP contribution in [0.3, 0.4) is 0 Å². The van der Waals surface area contributed by atoms with Crippen molar-refractivity contribution in [2.24, 2.45) is 0 Å². The van der Waals surface area contributed by atoms with Crippen LogP contribution in [-0.4, -0.2) is 45.4 Å². The topological polar surface area (TPSA) is 121 Å². The van der Waals surface area contributed by atoms with Crippen molar-refractivity contribution in [3.63, 3.8) is 0 Å². The van der Waals surface area contributed by atoms with Crippen molar-refractivity contribution in [3.8, 4) is 0 Å². The second-order valence-corrected chi connectivity index (χ2v) is 7.90. The van der Waals surface area contributed by atoms with E-state index >= 15 is 0 Å². The van der Waals surface area contributed by atoms with E-state index in [1.54, 1.807) is 0 Å². The second kappa shape index (κ2) is 17.2. The summed E-state index contributed by atoms with van der Waals surface area (Å²) in [6.45, 7) is 2.39. The van der Waals surface area contributed by atoms with Gasteiger partial charge in [0.25, 0.3) is 0 Å². The van der Waals surface area contributed by atoms with Crippen LogP contribution in [0.4, 0.5) is 0 Å². The van der Waals surface area contributed by atoms with Gasteiger partial charge in [-0.15, -0.1) is 0 Å². The first kappa shape index (κ1) is 27.4. The summed E-state index contributed by atoms with van der Waals surface area (Å²) < 4.78 is 4.92. The van der Waals surface area contributed by atoms with Gasteiger partial charge in [-0.2, -0.15) is 0 Å². The number of unbranched alkanes of at least 4 members (excludes halogenated alkanes) is 13. The number of hydrogen-bond donors (Lipinski definition) is 3. The number of carbonyl (C=O) groups is 3. The molecule has 1 unspecified atom stereocenters. The smallest absolute Gasteiger partial charge is 0.336 e. The first-order chi connectivity index (χ1) is 13.8. The first-order valence-electron chi connectivity index (χ1n) is 11.1. The molecule has 7 nitrogen and oxygen atoms in total. The van der Waals surface area contributed by atoms with Gasteiger partial charge in [-0.25, -0.2) is 4.79 Å². The zero-order valence-electron chi connectivity index (χ0n) is 18.0. The Bertz CT molecular complexity index is 464. The predicted octanol–water partition coefficient (Wildman–Crippen LogP) is 4.69. The summed E-state index contributed by atoms with van der Waals surface area (Å²) in [6, 6.07) is 0. The van der Waals surface area contributed by atoms with Crippen LogP contribution in [0.1, 0.15) is 110 Å². The lowest BCUT2D eigenvalue weighted by molar-refractivity contribution is -0.172. The van der Waals surface area contributed by atoms with Crippen LogP contribution in [0, 0.1) is 0 Å². The van der Waals surface area contributed by atoms with Gasteiger partial charge in [0.05, 0.1) is 19.4 Å². The number of hydrogen-bond acceptors (Lipinski definition) is 5. The molecule has 0 aliphatic rings. The molecule has 0 saturated heterocycles. The average Bonchev–Trinajstić information content (AvgIpc) is 2.64. The highest BCUT2D eigenvalue weighted by atomic mass is 16.5. The van der Waals surface area contributed by atoms with E-state index in [9.17, 15) is 19.5 Å². The Morgan fingerprint density at radius 3 is 1.48 bits per heavy atom. The quantitative estimate of drug-likeness (QED) is 0.194. The molecule has 0 radical (unpaired) electrons. The molecule has 0 spiro atoms. The van der Waals surface area contributed by atoms with Crippen molar-refractivity contribution in [3.05, 3.63) is 0 Å². The molecule has 0 bridgehead atoms. The molecule has 0 aliphatic carbocycles. The molecule has 1 atom stereocenters. The largest absolute Gasteiger partial charge is 0.481 e. The van der Waals surface area contributed by atoms with Gasteiger partial charge in [-0.3, -0.25) is 9.59 Å². The molecule has 29 heavy (non-hydrogen) atoms. The SMILES string of the molecule is CCCCCCCCCCCCCCCCOC(=O)CC(O)(CC(=O)O)C(=O)O. The van der Waals surface area contributed by atoms with Crippen molar-refractivity contribution in [2.45, 2.75) is 115 Å². The van der Waals surface area contributed by atoms with E-state index in [1.165, 1.54) is 64.2 Å². The van der Waals surface area contributed by atoms with Crippen LogP contribution >= 0.6 is 0 Å². The lowest BCUT2D eigenvalue weighted by Gasteiger charge is -2.20. The van der Waals surface area contributed by atoms with Gasteiger partial charge >= 0.3 is 17.9 Å². The Morgan fingerprint density at radius 2 is 1.10 bits per heavy atom. The molecule has 0 rings (SSSR count). The molecule has 7 heteroatoms. The highest BCUT2D eigenvalue weighted by molar-refractivity contribution is 5.88. The third kappa shape index (κ3) is 15.9. The van der Waals surface area contributed by atoms with Crippen molar-refractivity contribution in [1.29, 1.82) is 0 Å². The normalized spacial score (nSPS) is 13.0. The van der Waals surface area contributed by atoms with Crippen LogP contribution in [0.25, 0.3) is 0 Å². The lowest BCUT2D eigenvalue weighted by Crippen LogP contribution is -2.43. The number of rotatable bonds is 20. The minimum Gasteiger partial charge on any atom is -0.481 e. The third-order valence-electron chi connectivity index (χ3n) is 5.04. The van der Waals surface area contributed by atoms with Crippen LogP contribution in [0.15, 0.2) is 0 Å². The number of carboxylic acids is 2. The number of esters is 1. The minimum atomic E-state index is -2.63. The fraction of sp³-hybridized carbons (Fsp3) is 0.864. The summed E-state index contributed by atoms with van der Waals surface area (Å²) in [7, 11) is 0. The maximum absolute atomic E-state index is 11.6. The summed E-state index contributed by atoms with van der Waals surface area (Å²) in [5, 5.41) is 27.3. The Hall–Kier alpha value is -1.63. The molecule has 0 aromatic rings. The molecular weight excluding hydrogens is 376 g/mol. The van der Waals surface area contributed by atoms with Crippen LogP contribution < -0.4 is 0 Å². The van der Waals surface area contributed by atoms with Crippen LogP contribution in [0.2, 0.25) is 0 Å². The zero-order chi connectivity index (χ0) is 22.0. The van der Waals surface area contributed by atoms with Gasteiger partial charge in [0.15, 0.2) is 5.60 Å². The molecule has 0 aromatic carbocycles. The molecule has 0 amide bonds. The molecule has 0 aromatic heterocycles. The highest BCUT2D eigenvalue weighted by Gasteiger charge is 2.41.